The highest BCUT2D eigenvalue weighted by molar-refractivity contribution is 5.70. The number of benzene rings is 1. The topological polar surface area (TPSA) is 59.6 Å². The van der Waals surface area contributed by atoms with Crippen molar-refractivity contribution in [3.8, 4) is 0 Å². The minimum absolute atomic E-state index is 0.124. The maximum Gasteiger partial charge on any atom is 0.407 e. The van der Waals surface area contributed by atoms with Crippen molar-refractivity contribution in [2.24, 2.45) is 0 Å². The largest absolute Gasteiger partial charge is 0.442 e. The van der Waals surface area contributed by atoms with Gasteiger partial charge in [-0.1, -0.05) is 0 Å². The van der Waals surface area contributed by atoms with Crippen molar-refractivity contribution in [3.63, 3.8) is 0 Å². The Hall–Kier alpha value is -1.73. The Labute approximate surface area is 120 Å². The minimum Gasteiger partial charge on any atom is -0.442 e. The van der Waals surface area contributed by atoms with Gasteiger partial charge in [0.25, 0.3) is 0 Å². The van der Waals surface area contributed by atoms with Crippen molar-refractivity contribution >= 4 is 6.09 Å². The normalized spacial score (nSPS) is 29.0. The summed E-state index contributed by atoms with van der Waals surface area (Å²) in [6.07, 6.45) is -0.651. The molecule has 0 aromatic heterocycles. The van der Waals surface area contributed by atoms with Crippen LogP contribution in [0.1, 0.15) is 5.56 Å². The molecule has 1 aromatic carbocycles. The van der Waals surface area contributed by atoms with E-state index in [4.69, 9.17) is 9.47 Å². The van der Waals surface area contributed by atoms with Gasteiger partial charge in [-0.05, 0) is 24.1 Å². The standard InChI is InChI=1S/C14H16F2N2O3/c15-9-3-8(4-10(16)6-9)5-11-13(21-14(19)18-11)12-7-20-2-1-17-12/h3-4,6,11-13,17H,1-2,5,7H2,(H,18,19)/t11-,12?,13+/m0/s1. The van der Waals surface area contributed by atoms with E-state index in [9.17, 15) is 13.6 Å². The molecule has 0 saturated carbocycles. The first-order valence-electron chi connectivity index (χ1n) is 6.85. The number of ether oxygens (including phenoxy) is 2. The molecule has 1 aromatic rings. The first-order chi connectivity index (χ1) is 10.1. The van der Waals surface area contributed by atoms with Gasteiger partial charge in [0.15, 0.2) is 0 Å². The average molecular weight is 298 g/mol. The molecule has 2 aliphatic heterocycles. The lowest BCUT2D eigenvalue weighted by molar-refractivity contribution is 0.0181. The first kappa shape index (κ1) is 14.2. The van der Waals surface area contributed by atoms with E-state index in [1.807, 2.05) is 0 Å². The van der Waals surface area contributed by atoms with E-state index in [0.29, 0.717) is 31.7 Å². The summed E-state index contributed by atoms with van der Waals surface area (Å²) < 4.78 is 37.1. The lowest BCUT2D eigenvalue weighted by Crippen LogP contribution is -2.53. The number of hydrogen-bond acceptors (Lipinski definition) is 4. The van der Waals surface area contributed by atoms with E-state index < -0.39 is 23.8 Å². The third kappa shape index (κ3) is 3.30. The van der Waals surface area contributed by atoms with E-state index in [-0.39, 0.29) is 12.1 Å². The van der Waals surface area contributed by atoms with Crippen LogP contribution in [0.25, 0.3) is 0 Å². The average Bonchev–Trinajstić information content (AvgIpc) is 2.79. The maximum atomic E-state index is 13.2. The number of hydrogen-bond donors (Lipinski definition) is 2. The zero-order valence-electron chi connectivity index (χ0n) is 11.3. The number of carbonyl (C=O) groups is 1. The van der Waals surface area contributed by atoms with Crippen LogP contribution in [-0.2, 0) is 15.9 Å². The Bertz CT molecular complexity index is 515. The molecule has 1 amide bonds. The Kier molecular flexibility index (Phi) is 4.03. The Morgan fingerprint density at radius 3 is 2.67 bits per heavy atom. The van der Waals surface area contributed by atoms with Gasteiger partial charge in [0.2, 0.25) is 0 Å². The number of rotatable bonds is 3. The van der Waals surface area contributed by atoms with E-state index in [0.717, 1.165) is 6.07 Å². The molecule has 2 fully saturated rings. The van der Waals surface area contributed by atoms with Crippen molar-refractivity contribution in [2.45, 2.75) is 24.6 Å². The number of amides is 1. The van der Waals surface area contributed by atoms with E-state index >= 15 is 0 Å². The van der Waals surface area contributed by atoms with Crippen LogP contribution in [0.5, 0.6) is 0 Å². The highest BCUT2D eigenvalue weighted by Gasteiger charge is 2.40. The number of halogens is 2. The van der Waals surface area contributed by atoms with Crippen LogP contribution in [-0.4, -0.2) is 44.0 Å². The molecular weight excluding hydrogens is 282 g/mol. The fourth-order valence-electron chi connectivity index (χ4n) is 2.78. The number of morpholine rings is 1. The number of alkyl carbamates (subject to hydrolysis) is 1. The van der Waals surface area contributed by atoms with Gasteiger partial charge in [-0.15, -0.1) is 0 Å². The number of cyclic esters (lactones) is 1. The number of nitrogens with one attached hydrogen (secondary N) is 2. The van der Waals surface area contributed by atoms with Gasteiger partial charge in [-0.25, -0.2) is 13.6 Å². The van der Waals surface area contributed by atoms with E-state index in [1.165, 1.54) is 12.1 Å². The lowest BCUT2D eigenvalue weighted by Gasteiger charge is -2.30. The molecule has 5 nitrogen and oxygen atoms in total. The Morgan fingerprint density at radius 1 is 1.24 bits per heavy atom. The molecule has 114 valence electrons. The van der Waals surface area contributed by atoms with Gasteiger partial charge in [0.1, 0.15) is 17.7 Å². The first-order valence-corrected chi connectivity index (χ1v) is 6.85. The molecule has 2 heterocycles. The van der Waals surface area contributed by atoms with E-state index in [1.54, 1.807) is 0 Å². The molecule has 2 saturated heterocycles. The van der Waals surface area contributed by atoms with Crippen LogP contribution in [0.2, 0.25) is 0 Å². The summed E-state index contributed by atoms with van der Waals surface area (Å²) in [5, 5.41) is 5.92. The summed E-state index contributed by atoms with van der Waals surface area (Å²) in [4.78, 5) is 11.5. The highest BCUT2D eigenvalue weighted by atomic mass is 19.1. The van der Waals surface area contributed by atoms with Crippen molar-refractivity contribution in [1.82, 2.24) is 10.6 Å². The summed E-state index contributed by atoms with van der Waals surface area (Å²) in [6, 6.07) is 2.87. The zero-order valence-corrected chi connectivity index (χ0v) is 11.3. The highest BCUT2D eigenvalue weighted by Crippen LogP contribution is 2.20. The molecule has 2 aliphatic rings. The molecule has 0 radical (unpaired) electrons. The van der Waals surface area contributed by atoms with Crippen molar-refractivity contribution in [1.29, 1.82) is 0 Å². The molecule has 3 rings (SSSR count). The minimum atomic E-state index is -0.633. The molecular formula is C14H16F2N2O3. The summed E-state index contributed by atoms with van der Waals surface area (Å²) >= 11 is 0. The maximum absolute atomic E-state index is 13.2. The smallest absolute Gasteiger partial charge is 0.407 e. The quantitative estimate of drug-likeness (QED) is 0.873. The van der Waals surface area contributed by atoms with Crippen LogP contribution in [0.3, 0.4) is 0 Å². The molecule has 0 bridgehead atoms. The SMILES string of the molecule is O=C1N[C@@H](Cc2cc(F)cc(F)c2)[C@H](C2COCCN2)O1. The molecule has 21 heavy (non-hydrogen) atoms. The molecule has 1 unspecified atom stereocenters. The molecule has 0 aliphatic carbocycles. The van der Waals surface area contributed by atoms with Crippen LogP contribution in [0.4, 0.5) is 13.6 Å². The van der Waals surface area contributed by atoms with Crippen LogP contribution >= 0.6 is 0 Å². The second-order valence-electron chi connectivity index (χ2n) is 5.24. The van der Waals surface area contributed by atoms with Crippen LogP contribution in [0, 0.1) is 11.6 Å². The van der Waals surface area contributed by atoms with Gasteiger partial charge in [-0.3, -0.25) is 0 Å². The molecule has 0 spiro atoms. The third-order valence-corrected chi connectivity index (χ3v) is 3.67. The molecule has 2 N–H and O–H groups in total. The van der Waals surface area contributed by atoms with Crippen molar-refractivity contribution in [2.75, 3.05) is 19.8 Å². The van der Waals surface area contributed by atoms with Gasteiger partial charge in [0, 0.05) is 12.6 Å². The predicted molar refractivity (Wildman–Crippen MR) is 69.9 cm³/mol. The zero-order chi connectivity index (χ0) is 14.8. The summed E-state index contributed by atoms with van der Waals surface area (Å²) in [7, 11) is 0. The monoisotopic (exact) mass is 298 g/mol. The van der Waals surface area contributed by atoms with Crippen molar-refractivity contribution < 1.29 is 23.0 Å². The predicted octanol–water partition coefficient (Wildman–Crippen LogP) is 0.973. The summed E-state index contributed by atoms with van der Waals surface area (Å²) in [5.41, 5.74) is 0.477. The van der Waals surface area contributed by atoms with Crippen LogP contribution < -0.4 is 10.6 Å². The summed E-state index contributed by atoms with van der Waals surface area (Å²) in [6.45, 7) is 1.73. The molecule has 3 atom stereocenters. The van der Waals surface area contributed by atoms with Crippen LogP contribution in [0.15, 0.2) is 18.2 Å². The fourth-order valence-corrected chi connectivity index (χ4v) is 2.78. The molecule has 7 heteroatoms. The second kappa shape index (κ2) is 5.95. The number of carbonyl (C=O) groups excluding carboxylic acids is 1. The fraction of sp³-hybridized carbons (Fsp3) is 0.500. The van der Waals surface area contributed by atoms with E-state index in [2.05, 4.69) is 10.6 Å². The lowest BCUT2D eigenvalue weighted by atomic mass is 9.97. The summed E-state index contributed by atoms with van der Waals surface area (Å²) in [5.74, 6) is -1.27. The van der Waals surface area contributed by atoms with Crippen molar-refractivity contribution in [3.05, 3.63) is 35.4 Å². The van der Waals surface area contributed by atoms with Gasteiger partial charge >= 0.3 is 6.09 Å². The third-order valence-electron chi connectivity index (χ3n) is 3.67. The Morgan fingerprint density at radius 2 is 2.00 bits per heavy atom. The van der Waals surface area contributed by atoms with Gasteiger partial charge in [-0.2, -0.15) is 0 Å². The second-order valence-corrected chi connectivity index (χ2v) is 5.24. The Balaban J connectivity index is 1.73. The van der Waals surface area contributed by atoms with Gasteiger partial charge < -0.3 is 20.1 Å². The van der Waals surface area contributed by atoms with Gasteiger partial charge in [0.05, 0.1) is 25.3 Å².